The van der Waals surface area contributed by atoms with E-state index in [4.69, 9.17) is 0 Å². The molecule has 0 radical (unpaired) electrons. The molecule has 0 aliphatic carbocycles. The Morgan fingerprint density at radius 3 is 2.53 bits per heavy atom. The number of urea groups is 1. The molecular weight excluding hydrogens is 379 g/mol. The van der Waals surface area contributed by atoms with Gasteiger partial charge in [0, 0.05) is 30.7 Å². The lowest BCUT2D eigenvalue weighted by molar-refractivity contribution is 0.174. The van der Waals surface area contributed by atoms with Crippen LogP contribution in [0.5, 0.6) is 0 Å². The van der Waals surface area contributed by atoms with Crippen molar-refractivity contribution in [2.45, 2.75) is 32.2 Å². The first kappa shape index (κ1) is 18.7. The fourth-order valence-corrected chi connectivity index (χ4v) is 4.84. The largest absolute Gasteiger partial charge is 0.372 e. The smallest absolute Gasteiger partial charge is 0.321 e. The van der Waals surface area contributed by atoms with E-state index in [1.165, 1.54) is 6.07 Å². The average molecular weight is 404 g/mol. The van der Waals surface area contributed by atoms with E-state index in [0.29, 0.717) is 13.1 Å². The number of rotatable bonds is 1. The predicted octanol–water partition coefficient (Wildman–Crippen LogP) is 5.18. The molecule has 2 amide bonds. The molecule has 1 spiro atoms. The number of fused-ring (bicyclic) bond motifs is 4. The molecular formula is C24H25FN4O. The number of hydrogen-bond donors (Lipinski definition) is 2. The number of amides is 2. The van der Waals surface area contributed by atoms with Crippen molar-refractivity contribution in [1.29, 1.82) is 0 Å². The molecule has 0 saturated carbocycles. The highest BCUT2D eigenvalue weighted by Gasteiger charge is 2.42. The van der Waals surface area contributed by atoms with Gasteiger partial charge in [-0.05, 0) is 80.3 Å². The van der Waals surface area contributed by atoms with E-state index in [0.717, 1.165) is 46.7 Å². The second-order valence-electron chi connectivity index (χ2n) is 8.43. The quantitative estimate of drug-likeness (QED) is 0.587. The molecule has 1 fully saturated rings. The van der Waals surface area contributed by atoms with E-state index in [1.807, 2.05) is 43.1 Å². The molecule has 5 rings (SSSR count). The van der Waals surface area contributed by atoms with E-state index >= 15 is 0 Å². The zero-order valence-corrected chi connectivity index (χ0v) is 17.2. The van der Waals surface area contributed by atoms with Crippen LogP contribution in [0.25, 0.3) is 5.69 Å². The van der Waals surface area contributed by atoms with Crippen LogP contribution in [0.2, 0.25) is 0 Å². The Morgan fingerprint density at radius 1 is 1.07 bits per heavy atom. The zero-order chi connectivity index (χ0) is 20.9. The van der Waals surface area contributed by atoms with Crippen LogP contribution in [0.3, 0.4) is 0 Å². The summed E-state index contributed by atoms with van der Waals surface area (Å²) in [5.41, 5.74) is 5.69. The predicted molar refractivity (Wildman–Crippen MR) is 117 cm³/mol. The van der Waals surface area contributed by atoms with Crippen LogP contribution in [0.4, 0.5) is 20.6 Å². The molecule has 1 aromatic heterocycles. The maximum atomic E-state index is 13.9. The minimum atomic E-state index is -0.305. The third-order valence-electron chi connectivity index (χ3n) is 6.21. The zero-order valence-electron chi connectivity index (χ0n) is 17.2. The topological polar surface area (TPSA) is 49.3 Å². The van der Waals surface area contributed by atoms with Crippen LogP contribution in [-0.4, -0.2) is 28.6 Å². The van der Waals surface area contributed by atoms with Crippen molar-refractivity contribution >= 4 is 17.4 Å². The molecule has 2 N–H and O–H groups in total. The number of nitrogens with zero attached hydrogens (tertiary/aromatic N) is 2. The standard InChI is InChI=1S/C24H25FN4O/c1-16-12-17(2)14-19(13-16)26-23(30)28-10-7-24(8-11-28)22-4-3-9-29(22)21-6-5-18(25)15-20(21)27-24/h3-6,9,12-15,27H,7-8,10-11H2,1-2H3,(H,26,30). The summed E-state index contributed by atoms with van der Waals surface area (Å²) in [6, 6.07) is 15.0. The molecule has 154 valence electrons. The van der Waals surface area contributed by atoms with E-state index < -0.39 is 0 Å². The van der Waals surface area contributed by atoms with Crippen molar-refractivity contribution in [2.24, 2.45) is 0 Å². The number of piperidine rings is 1. The van der Waals surface area contributed by atoms with Gasteiger partial charge in [-0.25, -0.2) is 9.18 Å². The van der Waals surface area contributed by atoms with Crippen LogP contribution in [0.1, 0.15) is 29.7 Å². The molecule has 5 nitrogen and oxygen atoms in total. The highest BCUT2D eigenvalue weighted by Crippen LogP contribution is 2.43. The van der Waals surface area contributed by atoms with Gasteiger partial charge in [-0.2, -0.15) is 0 Å². The van der Waals surface area contributed by atoms with Gasteiger partial charge < -0.3 is 20.1 Å². The van der Waals surface area contributed by atoms with Crippen molar-refractivity contribution in [3.8, 4) is 5.69 Å². The van der Waals surface area contributed by atoms with Gasteiger partial charge in [0.1, 0.15) is 5.82 Å². The van der Waals surface area contributed by atoms with Crippen LogP contribution in [0.15, 0.2) is 54.7 Å². The SMILES string of the molecule is Cc1cc(C)cc(NC(=O)N2CCC3(CC2)Nc2cc(F)ccc2-n2cccc23)c1. The van der Waals surface area contributed by atoms with Crippen LogP contribution in [0, 0.1) is 19.7 Å². The number of carbonyl (C=O) groups is 1. The van der Waals surface area contributed by atoms with Gasteiger partial charge in [0.25, 0.3) is 0 Å². The van der Waals surface area contributed by atoms with Crippen molar-refractivity contribution in [2.75, 3.05) is 23.7 Å². The molecule has 0 unspecified atom stereocenters. The van der Waals surface area contributed by atoms with Crippen molar-refractivity contribution < 1.29 is 9.18 Å². The lowest BCUT2D eigenvalue weighted by atomic mass is 9.82. The number of nitrogens with one attached hydrogen (secondary N) is 2. The lowest BCUT2D eigenvalue weighted by Gasteiger charge is -2.46. The van der Waals surface area contributed by atoms with Crippen molar-refractivity contribution in [3.63, 3.8) is 0 Å². The van der Waals surface area contributed by atoms with Crippen LogP contribution < -0.4 is 10.6 Å². The van der Waals surface area contributed by atoms with Gasteiger partial charge >= 0.3 is 6.03 Å². The monoisotopic (exact) mass is 404 g/mol. The third kappa shape index (κ3) is 3.12. The molecule has 2 aliphatic rings. The highest BCUT2D eigenvalue weighted by atomic mass is 19.1. The van der Waals surface area contributed by atoms with Gasteiger partial charge in [0.2, 0.25) is 0 Å². The lowest BCUT2D eigenvalue weighted by Crippen LogP contribution is -2.51. The average Bonchev–Trinajstić information content (AvgIpc) is 3.18. The summed E-state index contributed by atoms with van der Waals surface area (Å²) in [5.74, 6) is -0.253. The first-order valence-electron chi connectivity index (χ1n) is 10.3. The summed E-state index contributed by atoms with van der Waals surface area (Å²) in [7, 11) is 0. The van der Waals surface area contributed by atoms with Crippen molar-refractivity contribution in [3.05, 3.63) is 77.4 Å². The van der Waals surface area contributed by atoms with E-state index in [9.17, 15) is 9.18 Å². The number of aromatic nitrogens is 1. The minimum absolute atomic E-state index is 0.0764. The highest BCUT2D eigenvalue weighted by molar-refractivity contribution is 5.89. The van der Waals surface area contributed by atoms with Gasteiger partial charge in [0.05, 0.1) is 16.9 Å². The van der Waals surface area contributed by atoms with E-state index in [1.54, 1.807) is 12.1 Å². The molecule has 1 saturated heterocycles. The molecule has 3 aromatic rings. The second kappa shape index (κ2) is 6.90. The number of anilines is 2. The first-order chi connectivity index (χ1) is 14.4. The molecule has 30 heavy (non-hydrogen) atoms. The first-order valence-corrected chi connectivity index (χ1v) is 10.3. The van der Waals surface area contributed by atoms with E-state index in [-0.39, 0.29) is 17.4 Å². The summed E-state index contributed by atoms with van der Waals surface area (Å²) in [4.78, 5) is 14.7. The van der Waals surface area contributed by atoms with E-state index in [2.05, 4.69) is 27.3 Å². The maximum Gasteiger partial charge on any atom is 0.321 e. The molecule has 0 atom stereocenters. The van der Waals surface area contributed by atoms with Crippen molar-refractivity contribution in [1.82, 2.24) is 9.47 Å². The maximum absolute atomic E-state index is 13.9. The van der Waals surface area contributed by atoms with Gasteiger partial charge in [-0.1, -0.05) is 6.07 Å². The molecule has 0 bridgehead atoms. The van der Waals surface area contributed by atoms with Gasteiger partial charge in [-0.15, -0.1) is 0 Å². The van der Waals surface area contributed by atoms with Crippen LogP contribution in [-0.2, 0) is 5.54 Å². The number of carbonyl (C=O) groups excluding carboxylic acids is 1. The Hall–Kier alpha value is -3.28. The fourth-order valence-electron chi connectivity index (χ4n) is 4.84. The minimum Gasteiger partial charge on any atom is -0.372 e. The Morgan fingerprint density at radius 2 is 1.80 bits per heavy atom. The van der Waals surface area contributed by atoms with Gasteiger partial charge in [0.15, 0.2) is 0 Å². The number of hydrogen-bond acceptors (Lipinski definition) is 2. The number of benzene rings is 2. The summed E-state index contributed by atoms with van der Waals surface area (Å²) >= 11 is 0. The Balaban J connectivity index is 1.35. The molecule has 3 heterocycles. The fraction of sp³-hybridized carbons (Fsp3) is 0.292. The Labute approximate surface area is 175 Å². The summed E-state index contributed by atoms with van der Waals surface area (Å²) in [5, 5.41) is 6.63. The third-order valence-corrected chi connectivity index (χ3v) is 6.21. The molecule has 2 aromatic carbocycles. The molecule has 2 aliphatic heterocycles. The second-order valence-corrected chi connectivity index (χ2v) is 8.43. The Bertz CT molecular complexity index is 1110. The number of halogens is 1. The summed E-state index contributed by atoms with van der Waals surface area (Å²) in [6.45, 7) is 5.30. The molecule has 6 heteroatoms. The number of likely N-dealkylation sites (tertiary alicyclic amines) is 1. The van der Waals surface area contributed by atoms with Crippen LogP contribution >= 0.6 is 0 Å². The Kier molecular flexibility index (Phi) is 4.31. The number of aryl methyl sites for hydroxylation is 2. The summed E-state index contributed by atoms with van der Waals surface area (Å²) in [6.07, 6.45) is 3.54. The van der Waals surface area contributed by atoms with Gasteiger partial charge in [-0.3, -0.25) is 0 Å². The normalized spacial score (nSPS) is 16.6. The summed E-state index contributed by atoms with van der Waals surface area (Å²) < 4.78 is 16.0.